The van der Waals surface area contributed by atoms with Gasteiger partial charge in [0.2, 0.25) is 23.6 Å². The third-order valence-corrected chi connectivity index (χ3v) is 11.6. The highest BCUT2D eigenvalue weighted by molar-refractivity contribution is 5.95. The molecule has 0 radical (unpaired) electrons. The molecule has 2 aliphatic rings. The molecular formula is C52H79N7O10. The van der Waals surface area contributed by atoms with Gasteiger partial charge in [-0.1, -0.05) is 74.5 Å². The quantitative estimate of drug-likeness (QED) is 0.0770. The highest BCUT2D eigenvalue weighted by atomic mass is 16.6. The highest BCUT2D eigenvalue weighted by Gasteiger charge is 2.49. The van der Waals surface area contributed by atoms with E-state index in [1.807, 2.05) is 95.3 Å². The molecule has 2 aliphatic heterocycles. The van der Waals surface area contributed by atoms with Crippen molar-refractivity contribution in [2.75, 3.05) is 32.7 Å². The number of nitrogens with one attached hydrogen (secondary N) is 5. The van der Waals surface area contributed by atoms with Gasteiger partial charge < -0.3 is 50.6 Å². The number of benzene rings is 2. The molecule has 17 heteroatoms. The summed E-state index contributed by atoms with van der Waals surface area (Å²) in [6, 6.07) is 14.0. The molecule has 7 amide bonds. The van der Waals surface area contributed by atoms with Crippen LogP contribution in [0.1, 0.15) is 126 Å². The zero-order valence-corrected chi connectivity index (χ0v) is 42.8. The summed E-state index contributed by atoms with van der Waals surface area (Å²) in [5, 5.41) is 14.2. The fourth-order valence-corrected chi connectivity index (χ4v) is 8.28. The van der Waals surface area contributed by atoms with Gasteiger partial charge in [-0.3, -0.25) is 19.2 Å². The minimum Gasteiger partial charge on any atom is -0.444 e. The Bertz CT molecular complexity index is 2030. The number of hydrogen-bond donors (Lipinski definition) is 5. The molecule has 0 aliphatic carbocycles. The lowest BCUT2D eigenvalue weighted by Gasteiger charge is -2.53. The van der Waals surface area contributed by atoms with Crippen LogP contribution in [0.3, 0.4) is 0 Å². The Labute approximate surface area is 409 Å². The van der Waals surface area contributed by atoms with Gasteiger partial charge in [0.05, 0.1) is 0 Å². The van der Waals surface area contributed by atoms with Gasteiger partial charge >= 0.3 is 18.3 Å². The van der Waals surface area contributed by atoms with Gasteiger partial charge in [-0.2, -0.15) is 0 Å². The summed E-state index contributed by atoms with van der Waals surface area (Å²) in [6.07, 6.45) is 1.31. The molecule has 0 bridgehead atoms. The molecular weight excluding hydrogens is 883 g/mol. The summed E-state index contributed by atoms with van der Waals surface area (Å²) in [6.45, 7) is 22.1. The molecule has 0 saturated carbocycles. The molecule has 17 nitrogen and oxygen atoms in total. The van der Waals surface area contributed by atoms with Crippen LogP contribution in [0.2, 0.25) is 0 Å². The SMILES string of the molecule is CC(C)C[C@@H](NC(=O)[C@@H](Cc1ccccc1)NC(=O)[C@@H](Cc1ccccc1)NC(=O)OC(C)(C)C)C(=O)N[C@H](CCCCNC(=O)OC(C)(C)C)C(=O)N1CCC2(CC1)CN(C(=O)OC(C)(C)C)C2. The van der Waals surface area contributed by atoms with Crippen LogP contribution in [0.5, 0.6) is 0 Å². The number of amides is 7. The Morgan fingerprint density at radius 2 is 1.01 bits per heavy atom. The standard InChI is InChI=1S/C52H79N7O10/c1-35(2)30-39(55-43(61)40(31-36-20-14-12-15-21-36)56-44(62)41(32-37-22-16-13-17-23-37)57-47(65)68-50(6,7)8)42(60)54-38(24-18-19-27-53-46(64)67-49(3,4)5)45(63)58-28-25-52(26-29-58)33-59(34-52)48(66)69-51(9,10)11/h12-17,20-23,35,38-41H,18-19,24-34H2,1-11H3,(H,53,64)(H,54,60)(H,55,61)(H,56,62)(H,57,65)/t38-,39-,40-,41-/m1/s1. The average Bonchev–Trinajstić information content (AvgIpc) is 3.22. The summed E-state index contributed by atoms with van der Waals surface area (Å²) in [7, 11) is 0. The van der Waals surface area contributed by atoms with E-state index in [4.69, 9.17) is 14.2 Å². The predicted octanol–water partition coefficient (Wildman–Crippen LogP) is 6.42. The van der Waals surface area contributed by atoms with Gasteiger partial charge in [-0.25, -0.2) is 14.4 Å². The smallest absolute Gasteiger partial charge is 0.410 e. The van der Waals surface area contributed by atoms with Crippen LogP contribution in [0.15, 0.2) is 60.7 Å². The Morgan fingerprint density at radius 3 is 1.51 bits per heavy atom. The normalized spacial score (nSPS) is 16.5. The van der Waals surface area contributed by atoms with Gasteiger partial charge in [0.25, 0.3) is 0 Å². The summed E-state index contributed by atoms with van der Waals surface area (Å²) in [5.74, 6) is -2.12. The first-order valence-electron chi connectivity index (χ1n) is 24.4. The Kier molecular flexibility index (Phi) is 19.9. The highest BCUT2D eigenvalue weighted by Crippen LogP contribution is 2.41. The first kappa shape index (κ1) is 55.7. The van der Waals surface area contributed by atoms with Crippen LogP contribution in [-0.2, 0) is 46.2 Å². The maximum atomic E-state index is 14.5. The molecule has 5 N–H and O–H groups in total. The van der Waals surface area contributed by atoms with Gasteiger partial charge in [-0.05, 0) is 118 Å². The van der Waals surface area contributed by atoms with E-state index in [-0.39, 0.29) is 49.0 Å². The molecule has 4 atom stereocenters. The van der Waals surface area contributed by atoms with E-state index in [1.165, 1.54) is 0 Å². The number of unbranched alkanes of at least 4 members (excludes halogenated alkanes) is 1. The molecule has 2 fully saturated rings. The van der Waals surface area contributed by atoms with Crippen molar-refractivity contribution in [1.82, 2.24) is 36.4 Å². The topological polar surface area (TPSA) is 214 Å². The molecule has 0 aromatic heterocycles. The fraction of sp³-hybridized carbons (Fsp3) is 0.635. The lowest BCUT2D eigenvalue weighted by atomic mass is 9.72. The molecule has 0 unspecified atom stereocenters. The van der Waals surface area contributed by atoms with Crippen LogP contribution < -0.4 is 26.6 Å². The number of ether oxygens (including phenoxy) is 3. The number of rotatable bonds is 19. The van der Waals surface area contributed by atoms with Crippen molar-refractivity contribution >= 4 is 41.9 Å². The molecule has 382 valence electrons. The minimum atomic E-state index is -1.17. The number of hydrogen-bond acceptors (Lipinski definition) is 10. The van der Waals surface area contributed by atoms with Crippen molar-refractivity contribution in [1.29, 1.82) is 0 Å². The van der Waals surface area contributed by atoms with E-state index in [1.54, 1.807) is 51.3 Å². The monoisotopic (exact) mass is 962 g/mol. The molecule has 2 aromatic rings. The predicted molar refractivity (Wildman–Crippen MR) is 263 cm³/mol. The third kappa shape index (κ3) is 19.6. The largest absolute Gasteiger partial charge is 0.444 e. The number of carbonyl (C=O) groups is 7. The van der Waals surface area contributed by atoms with E-state index in [0.29, 0.717) is 58.4 Å². The number of carbonyl (C=O) groups excluding carboxylic acids is 7. The van der Waals surface area contributed by atoms with Gasteiger partial charge in [0.1, 0.15) is 41.0 Å². The lowest BCUT2D eigenvalue weighted by molar-refractivity contribution is -0.141. The first-order chi connectivity index (χ1) is 32.2. The van der Waals surface area contributed by atoms with E-state index in [2.05, 4.69) is 26.6 Å². The Morgan fingerprint density at radius 1 is 0.565 bits per heavy atom. The van der Waals surface area contributed by atoms with Crippen LogP contribution in [0.4, 0.5) is 14.4 Å². The Balaban J connectivity index is 1.52. The second kappa shape index (κ2) is 24.6. The summed E-state index contributed by atoms with van der Waals surface area (Å²) in [5.41, 5.74) is -0.700. The van der Waals surface area contributed by atoms with E-state index in [0.717, 1.165) is 11.1 Å². The van der Waals surface area contributed by atoms with Crippen molar-refractivity contribution in [3.63, 3.8) is 0 Å². The molecule has 2 saturated heterocycles. The summed E-state index contributed by atoms with van der Waals surface area (Å²) < 4.78 is 16.4. The average molecular weight is 962 g/mol. The van der Waals surface area contributed by atoms with Crippen molar-refractivity contribution in [2.24, 2.45) is 11.3 Å². The number of alkyl carbamates (subject to hydrolysis) is 2. The van der Waals surface area contributed by atoms with Crippen molar-refractivity contribution in [3.8, 4) is 0 Å². The third-order valence-electron chi connectivity index (χ3n) is 11.6. The zero-order valence-electron chi connectivity index (χ0n) is 42.8. The van der Waals surface area contributed by atoms with Crippen molar-refractivity contribution in [2.45, 2.75) is 168 Å². The molecule has 4 rings (SSSR count). The maximum absolute atomic E-state index is 14.5. The first-order valence-corrected chi connectivity index (χ1v) is 24.4. The molecule has 69 heavy (non-hydrogen) atoms. The minimum absolute atomic E-state index is 0.0643. The van der Waals surface area contributed by atoms with Gasteiger partial charge in [-0.15, -0.1) is 0 Å². The number of nitrogens with zero attached hydrogens (tertiary/aromatic N) is 2. The second-order valence-electron chi connectivity index (χ2n) is 22.0. The van der Waals surface area contributed by atoms with Crippen molar-refractivity contribution < 1.29 is 47.8 Å². The zero-order chi connectivity index (χ0) is 51.2. The lowest BCUT2D eigenvalue weighted by Crippen LogP contribution is -2.64. The molecule has 2 aromatic carbocycles. The number of piperidine rings is 1. The second-order valence-corrected chi connectivity index (χ2v) is 22.0. The van der Waals surface area contributed by atoms with Crippen molar-refractivity contribution in [3.05, 3.63) is 71.8 Å². The van der Waals surface area contributed by atoms with E-state index < -0.39 is 70.9 Å². The van der Waals surface area contributed by atoms with Crippen LogP contribution in [0, 0.1) is 11.3 Å². The van der Waals surface area contributed by atoms with E-state index in [9.17, 15) is 33.6 Å². The van der Waals surface area contributed by atoms with Crippen LogP contribution >= 0.6 is 0 Å². The van der Waals surface area contributed by atoms with E-state index >= 15 is 0 Å². The maximum Gasteiger partial charge on any atom is 0.410 e. The molecule has 2 heterocycles. The fourth-order valence-electron chi connectivity index (χ4n) is 8.28. The van der Waals surface area contributed by atoms with Crippen LogP contribution in [-0.4, -0.2) is 125 Å². The van der Waals surface area contributed by atoms with Crippen LogP contribution in [0.25, 0.3) is 0 Å². The van der Waals surface area contributed by atoms with Gasteiger partial charge in [0, 0.05) is 51.0 Å². The number of likely N-dealkylation sites (tertiary alicyclic amines) is 2. The summed E-state index contributed by atoms with van der Waals surface area (Å²) >= 11 is 0. The summed E-state index contributed by atoms with van der Waals surface area (Å²) in [4.78, 5) is 99.0. The Hall–Kier alpha value is -5.87. The molecule has 1 spiro atoms. The van der Waals surface area contributed by atoms with Gasteiger partial charge in [0.15, 0.2) is 0 Å².